The summed E-state index contributed by atoms with van der Waals surface area (Å²) in [4.78, 5) is 7.90. The van der Waals surface area contributed by atoms with E-state index in [9.17, 15) is 0 Å². The molecule has 0 amide bonds. The zero-order valence-corrected chi connectivity index (χ0v) is 5.96. The Hall–Kier alpha value is -1.06. The summed E-state index contributed by atoms with van der Waals surface area (Å²) >= 11 is 0. The van der Waals surface area contributed by atoms with Gasteiger partial charge in [-0.2, -0.15) is 0 Å². The first-order valence-electron chi connectivity index (χ1n) is 3.81. The quantitative estimate of drug-likeness (QED) is 0.498. The Morgan fingerprint density at radius 2 is 2.60 bits per heavy atom. The van der Waals surface area contributed by atoms with Gasteiger partial charge in [0.1, 0.15) is 6.33 Å². The molecule has 1 heterocycles. The highest BCUT2D eigenvalue weighted by molar-refractivity contribution is 6.33. The molecule has 52 valence electrons. The predicted octanol–water partition coefficient (Wildman–Crippen LogP) is -1.12. The largest absolute Gasteiger partial charge is 0.396 e. The topological polar surface area (TPSA) is 51.8 Å². The summed E-state index contributed by atoms with van der Waals surface area (Å²) in [6.07, 6.45) is 2.09. The van der Waals surface area contributed by atoms with Crippen LogP contribution < -0.4 is 11.3 Å². The second-order valence-electron chi connectivity index (χ2n) is 2.07. The van der Waals surface area contributed by atoms with Crippen molar-refractivity contribution in [1.82, 2.24) is 9.97 Å². The molecule has 0 atom stereocenters. The maximum Gasteiger partial charge on any atom is 0.166 e. The van der Waals surface area contributed by atoms with Crippen molar-refractivity contribution in [2.24, 2.45) is 0 Å². The molecule has 3 nitrogen and oxygen atoms in total. The van der Waals surface area contributed by atoms with Crippen LogP contribution in [0, 0.1) is 0 Å². The summed E-state index contributed by atoms with van der Waals surface area (Å²) in [5.74, 6) is 0. The van der Waals surface area contributed by atoms with Gasteiger partial charge in [0.05, 0.1) is 11.4 Å². The smallest absolute Gasteiger partial charge is 0.166 e. The summed E-state index contributed by atoms with van der Waals surface area (Å²) in [5, 5.41) is 0. The Labute approximate surface area is 62.5 Å². The van der Waals surface area contributed by atoms with Gasteiger partial charge in [0.15, 0.2) is 7.85 Å². The van der Waals surface area contributed by atoms with Gasteiger partial charge in [-0.3, -0.25) is 4.98 Å². The first-order chi connectivity index (χ1) is 5.25. The third kappa shape index (κ3) is 1.10. The molecule has 0 aliphatic carbocycles. The van der Waals surface area contributed by atoms with E-state index in [0.29, 0.717) is 19.0 Å². The monoisotopic (exact) mass is 137 g/mol. The lowest BCUT2D eigenvalue weighted by atomic mass is 10.0. The summed E-state index contributed by atoms with van der Waals surface area (Å²) in [5.41, 5.74) is 7.86. The van der Waals surface area contributed by atoms with Gasteiger partial charge in [-0.15, -0.1) is 0 Å². The van der Waals surface area contributed by atoms with Crippen molar-refractivity contribution >= 4 is 19.1 Å². The molecule has 0 bridgehead atoms. The normalized spacial score (nSPS) is 11.0. The van der Waals surface area contributed by atoms with Gasteiger partial charge in [0, 0.05) is 6.96 Å². The summed E-state index contributed by atoms with van der Waals surface area (Å²) in [6, 6.07) is 0. The molecule has 4 heteroatoms. The standard InChI is InChI=1S/C6H10BN3/c1-2-4-5(8)6(7)10-3-9-4/h3H,2,7-8H2,1H3/i1T. The number of nitrogen functional groups attached to an aromatic ring is 1. The lowest BCUT2D eigenvalue weighted by Gasteiger charge is -2.02. The van der Waals surface area contributed by atoms with Gasteiger partial charge in [-0.1, -0.05) is 6.90 Å². The van der Waals surface area contributed by atoms with Crippen molar-refractivity contribution < 1.29 is 1.37 Å². The van der Waals surface area contributed by atoms with Crippen molar-refractivity contribution in [2.45, 2.75) is 13.3 Å². The maximum atomic E-state index is 6.99. The zero-order valence-electron chi connectivity index (χ0n) is 6.96. The number of rotatable bonds is 1. The van der Waals surface area contributed by atoms with E-state index in [2.05, 4.69) is 9.97 Å². The van der Waals surface area contributed by atoms with E-state index in [1.165, 1.54) is 6.33 Å². The van der Waals surface area contributed by atoms with Crippen molar-refractivity contribution in [3.63, 3.8) is 0 Å². The fourth-order valence-corrected chi connectivity index (χ4v) is 0.732. The molecule has 0 aromatic carbocycles. The number of aromatic nitrogens is 2. The fraction of sp³-hybridized carbons (Fsp3) is 0.333. The molecule has 0 aliphatic heterocycles. The number of anilines is 1. The van der Waals surface area contributed by atoms with Crippen LogP contribution in [0.25, 0.3) is 0 Å². The molecule has 0 unspecified atom stereocenters. The molecule has 0 spiro atoms. The van der Waals surface area contributed by atoms with Crippen LogP contribution >= 0.6 is 0 Å². The minimum absolute atomic E-state index is 0.320. The molecule has 1 aromatic rings. The fourth-order valence-electron chi connectivity index (χ4n) is 0.732. The Morgan fingerprint density at radius 3 is 3.30 bits per heavy atom. The molecular formula is C6H10BN3. The Balaban J connectivity index is 2.96. The van der Waals surface area contributed by atoms with Crippen LogP contribution in [-0.2, 0) is 6.42 Å². The molecule has 1 rings (SSSR count). The third-order valence-corrected chi connectivity index (χ3v) is 1.40. The van der Waals surface area contributed by atoms with Crippen LogP contribution in [-0.4, -0.2) is 17.8 Å². The van der Waals surface area contributed by atoms with Gasteiger partial charge in [-0.05, 0) is 6.42 Å². The average Bonchev–Trinajstić information content (AvgIpc) is 1.99. The Bertz CT molecular complexity index is 254. The van der Waals surface area contributed by atoms with E-state index in [0.717, 1.165) is 11.3 Å². The zero-order chi connectivity index (χ0) is 8.27. The Kier molecular flexibility index (Phi) is 1.53. The maximum absolute atomic E-state index is 6.99. The van der Waals surface area contributed by atoms with Gasteiger partial charge < -0.3 is 5.73 Å². The van der Waals surface area contributed by atoms with Gasteiger partial charge in [0.2, 0.25) is 0 Å². The third-order valence-electron chi connectivity index (χ3n) is 1.40. The van der Waals surface area contributed by atoms with Crippen LogP contribution in [0.5, 0.6) is 0 Å². The molecule has 2 N–H and O–H groups in total. The van der Waals surface area contributed by atoms with E-state index in [1.54, 1.807) is 0 Å². The average molecular weight is 137 g/mol. The summed E-state index contributed by atoms with van der Waals surface area (Å²) in [6.45, 7) is 0.320. The van der Waals surface area contributed by atoms with Crippen LogP contribution in [0.4, 0.5) is 5.69 Å². The predicted molar refractivity (Wildman–Crippen MR) is 44.0 cm³/mol. The summed E-state index contributed by atoms with van der Waals surface area (Å²) < 4.78 is 6.99. The second kappa shape index (κ2) is 2.69. The number of hydrogen-bond donors (Lipinski definition) is 1. The van der Waals surface area contributed by atoms with E-state index >= 15 is 0 Å². The molecule has 0 radical (unpaired) electrons. The number of aryl methyl sites for hydroxylation is 1. The van der Waals surface area contributed by atoms with Crippen molar-refractivity contribution in [2.75, 3.05) is 5.73 Å². The molecule has 0 fully saturated rings. The number of nitrogens with two attached hydrogens (primary N) is 1. The van der Waals surface area contributed by atoms with E-state index < -0.39 is 0 Å². The van der Waals surface area contributed by atoms with Crippen molar-refractivity contribution in [3.05, 3.63) is 12.0 Å². The minimum Gasteiger partial charge on any atom is -0.396 e. The molecule has 10 heavy (non-hydrogen) atoms. The molecule has 0 saturated carbocycles. The van der Waals surface area contributed by atoms with E-state index in [1.807, 2.05) is 7.85 Å². The summed E-state index contributed by atoms with van der Waals surface area (Å²) in [7, 11) is 1.84. The number of hydrogen-bond acceptors (Lipinski definition) is 3. The molecule has 0 saturated heterocycles. The lowest BCUT2D eigenvalue weighted by molar-refractivity contribution is 1.02. The SMILES string of the molecule is [3H]CCc1ncnc(B)c1N. The van der Waals surface area contributed by atoms with Gasteiger partial charge >= 0.3 is 0 Å². The highest BCUT2D eigenvalue weighted by Crippen LogP contribution is 2.01. The van der Waals surface area contributed by atoms with Crippen molar-refractivity contribution in [3.8, 4) is 0 Å². The minimum atomic E-state index is 0.320. The molecular weight excluding hydrogens is 125 g/mol. The highest BCUT2D eigenvalue weighted by Gasteiger charge is 1.99. The van der Waals surface area contributed by atoms with Gasteiger partial charge in [0.25, 0.3) is 0 Å². The van der Waals surface area contributed by atoms with E-state index in [-0.39, 0.29) is 0 Å². The lowest BCUT2D eigenvalue weighted by Crippen LogP contribution is -2.17. The highest BCUT2D eigenvalue weighted by atomic mass is 14.9. The first-order valence-corrected chi connectivity index (χ1v) is 3.11. The van der Waals surface area contributed by atoms with Crippen LogP contribution in [0.1, 0.15) is 14.0 Å². The van der Waals surface area contributed by atoms with Crippen molar-refractivity contribution in [1.29, 1.82) is 0 Å². The van der Waals surface area contributed by atoms with Crippen LogP contribution in [0.15, 0.2) is 6.33 Å². The van der Waals surface area contributed by atoms with Crippen LogP contribution in [0.3, 0.4) is 0 Å². The molecule has 1 aromatic heterocycles. The Morgan fingerprint density at radius 1 is 1.80 bits per heavy atom. The number of nitrogens with zero attached hydrogens (tertiary/aromatic N) is 2. The van der Waals surface area contributed by atoms with Gasteiger partial charge in [-0.25, -0.2) is 4.98 Å². The second-order valence-corrected chi connectivity index (χ2v) is 2.07. The molecule has 0 aliphatic rings. The van der Waals surface area contributed by atoms with E-state index in [4.69, 9.17) is 7.10 Å². The first kappa shape index (κ1) is 5.71. The van der Waals surface area contributed by atoms with Crippen LogP contribution in [0.2, 0.25) is 0 Å².